The van der Waals surface area contributed by atoms with Crippen molar-refractivity contribution in [3.63, 3.8) is 0 Å². The summed E-state index contributed by atoms with van der Waals surface area (Å²) in [4.78, 5) is 1.82. The van der Waals surface area contributed by atoms with Gasteiger partial charge in [0.25, 0.3) is 5.92 Å². The van der Waals surface area contributed by atoms with Crippen LogP contribution in [0.2, 0.25) is 0 Å². The second-order valence-corrected chi connectivity index (χ2v) is 2.88. The normalized spacial score (nSPS) is 28.5. The molecule has 2 nitrogen and oxygen atoms in total. The van der Waals surface area contributed by atoms with Crippen LogP contribution < -0.4 is 5.73 Å². The van der Waals surface area contributed by atoms with Gasteiger partial charge in [0.05, 0.1) is 6.04 Å². The van der Waals surface area contributed by atoms with Crippen LogP contribution in [0.4, 0.5) is 8.78 Å². The standard InChI is InChI=1S/C6H12F2N2.2ClH/c1-10-3-2-6(7,8)5(9)4-10;;/h5H,2-4,9H2,1H3;2*1H/t5-;;/m0../s1. The molecule has 1 heterocycles. The van der Waals surface area contributed by atoms with Gasteiger partial charge < -0.3 is 10.6 Å². The van der Waals surface area contributed by atoms with E-state index in [1.807, 2.05) is 4.90 Å². The van der Waals surface area contributed by atoms with Crippen LogP contribution in [-0.2, 0) is 0 Å². The fourth-order valence-electron chi connectivity index (χ4n) is 1.09. The van der Waals surface area contributed by atoms with Crippen LogP contribution in [0.1, 0.15) is 6.42 Å². The SMILES string of the molecule is CN1CCC(F)(F)[C@@H](N)C1.Cl.Cl. The van der Waals surface area contributed by atoms with Crippen molar-refractivity contribution in [3.05, 3.63) is 0 Å². The molecule has 76 valence electrons. The lowest BCUT2D eigenvalue weighted by Gasteiger charge is -2.33. The van der Waals surface area contributed by atoms with Gasteiger partial charge in [0.1, 0.15) is 0 Å². The van der Waals surface area contributed by atoms with Crippen LogP contribution in [-0.4, -0.2) is 37.0 Å². The molecule has 1 aliphatic rings. The fourth-order valence-corrected chi connectivity index (χ4v) is 1.09. The third kappa shape index (κ3) is 3.39. The first-order valence-corrected chi connectivity index (χ1v) is 3.34. The lowest BCUT2D eigenvalue weighted by molar-refractivity contribution is -0.0679. The minimum Gasteiger partial charge on any atom is -0.322 e. The van der Waals surface area contributed by atoms with Gasteiger partial charge >= 0.3 is 0 Å². The van der Waals surface area contributed by atoms with Gasteiger partial charge in [-0.05, 0) is 7.05 Å². The molecule has 2 N–H and O–H groups in total. The molecule has 1 atom stereocenters. The minimum atomic E-state index is -2.65. The van der Waals surface area contributed by atoms with Gasteiger partial charge in [0, 0.05) is 19.5 Å². The number of halogens is 4. The molecule has 0 unspecified atom stereocenters. The number of nitrogens with two attached hydrogens (primary N) is 1. The first-order valence-electron chi connectivity index (χ1n) is 3.34. The van der Waals surface area contributed by atoms with E-state index in [9.17, 15) is 8.78 Å². The Bertz CT molecular complexity index is 135. The molecule has 0 bridgehead atoms. The number of piperidine rings is 1. The Morgan fingerprint density at radius 1 is 1.42 bits per heavy atom. The highest BCUT2D eigenvalue weighted by molar-refractivity contribution is 5.85. The molecule has 1 rings (SSSR count). The predicted octanol–water partition coefficient (Wildman–Crippen LogP) is 1.13. The molecule has 6 heteroatoms. The second-order valence-electron chi connectivity index (χ2n) is 2.88. The maximum absolute atomic E-state index is 12.6. The third-order valence-electron chi connectivity index (χ3n) is 1.88. The lowest BCUT2D eigenvalue weighted by atomic mass is 10.0. The summed E-state index contributed by atoms with van der Waals surface area (Å²) in [7, 11) is 1.80. The largest absolute Gasteiger partial charge is 0.322 e. The van der Waals surface area contributed by atoms with Gasteiger partial charge in [-0.3, -0.25) is 0 Å². The number of likely N-dealkylation sites (N-methyl/N-ethyl adjacent to an activating group) is 1. The number of hydrogen-bond acceptors (Lipinski definition) is 2. The molecule has 1 aliphatic heterocycles. The van der Waals surface area contributed by atoms with Crippen LogP contribution in [0.25, 0.3) is 0 Å². The van der Waals surface area contributed by atoms with Crippen molar-refractivity contribution in [2.45, 2.75) is 18.4 Å². The summed E-state index contributed by atoms with van der Waals surface area (Å²) >= 11 is 0. The van der Waals surface area contributed by atoms with Crippen molar-refractivity contribution in [1.29, 1.82) is 0 Å². The first kappa shape index (κ1) is 14.9. The van der Waals surface area contributed by atoms with E-state index in [0.29, 0.717) is 13.1 Å². The van der Waals surface area contributed by atoms with E-state index in [-0.39, 0.29) is 31.2 Å². The quantitative estimate of drug-likeness (QED) is 0.666. The summed E-state index contributed by atoms with van der Waals surface area (Å²) in [5, 5.41) is 0. The van der Waals surface area contributed by atoms with Crippen LogP contribution in [0.15, 0.2) is 0 Å². The van der Waals surface area contributed by atoms with Gasteiger partial charge in [-0.15, -0.1) is 24.8 Å². The maximum Gasteiger partial charge on any atom is 0.265 e. The zero-order valence-electron chi connectivity index (χ0n) is 6.80. The van der Waals surface area contributed by atoms with E-state index in [4.69, 9.17) is 5.73 Å². The smallest absolute Gasteiger partial charge is 0.265 e. The van der Waals surface area contributed by atoms with Gasteiger partial charge in [-0.1, -0.05) is 0 Å². The first-order chi connectivity index (χ1) is 4.52. The molecule has 0 amide bonds. The molecule has 0 spiro atoms. The second kappa shape index (κ2) is 5.17. The Morgan fingerprint density at radius 3 is 2.25 bits per heavy atom. The Labute approximate surface area is 83.3 Å². The van der Waals surface area contributed by atoms with E-state index in [2.05, 4.69) is 0 Å². The van der Waals surface area contributed by atoms with Crippen LogP contribution in [0.3, 0.4) is 0 Å². The number of nitrogens with zero attached hydrogens (tertiary/aromatic N) is 1. The van der Waals surface area contributed by atoms with Crippen molar-refractivity contribution >= 4 is 24.8 Å². The Morgan fingerprint density at radius 2 is 1.92 bits per heavy atom. The number of likely N-dealkylation sites (tertiary alicyclic amines) is 1. The van der Waals surface area contributed by atoms with Crippen molar-refractivity contribution in [2.75, 3.05) is 20.1 Å². The van der Waals surface area contributed by atoms with Crippen molar-refractivity contribution in [3.8, 4) is 0 Å². The molecule has 0 aromatic heterocycles. The topological polar surface area (TPSA) is 29.3 Å². The zero-order valence-corrected chi connectivity index (χ0v) is 8.43. The molecule has 0 radical (unpaired) electrons. The molecule has 1 saturated heterocycles. The monoisotopic (exact) mass is 222 g/mol. The van der Waals surface area contributed by atoms with Crippen molar-refractivity contribution in [1.82, 2.24) is 4.90 Å². The molecule has 0 aromatic rings. The van der Waals surface area contributed by atoms with Crippen molar-refractivity contribution in [2.24, 2.45) is 5.73 Å². The highest BCUT2D eigenvalue weighted by Crippen LogP contribution is 2.25. The summed E-state index contributed by atoms with van der Waals surface area (Å²) in [6.45, 7) is 0.744. The number of rotatable bonds is 0. The summed E-state index contributed by atoms with van der Waals surface area (Å²) in [6, 6.07) is -0.980. The van der Waals surface area contributed by atoms with E-state index in [1.54, 1.807) is 7.05 Å². The third-order valence-corrected chi connectivity index (χ3v) is 1.88. The molecular weight excluding hydrogens is 209 g/mol. The molecule has 0 aromatic carbocycles. The van der Waals surface area contributed by atoms with E-state index >= 15 is 0 Å². The number of alkyl halides is 2. The summed E-state index contributed by atoms with van der Waals surface area (Å²) in [5.74, 6) is -2.65. The van der Waals surface area contributed by atoms with E-state index in [1.165, 1.54) is 0 Å². The zero-order chi connectivity index (χ0) is 7.78. The van der Waals surface area contributed by atoms with Crippen LogP contribution >= 0.6 is 24.8 Å². The van der Waals surface area contributed by atoms with Crippen LogP contribution in [0.5, 0.6) is 0 Å². The summed E-state index contributed by atoms with van der Waals surface area (Å²) in [6.07, 6.45) is -0.106. The molecule has 1 fully saturated rings. The predicted molar refractivity (Wildman–Crippen MR) is 49.5 cm³/mol. The van der Waals surface area contributed by atoms with E-state index < -0.39 is 12.0 Å². The highest BCUT2D eigenvalue weighted by atomic mass is 35.5. The van der Waals surface area contributed by atoms with Crippen molar-refractivity contribution < 1.29 is 8.78 Å². The maximum atomic E-state index is 12.6. The Kier molecular flexibility index (Phi) is 6.40. The van der Waals surface area contributed by atoms with E-state index in [0.717, 1.165) is 0 Å². The number of hydrogen-bond donors (Lipinski definition) is 1. The Hall–Kier alpha value is 0.360. The lowest BCUT2D eigenvalue weighted by Crippen LogP contribution is -2.54. The van der Waals surface area contributed by atoms with Gasteiger partial charge in [-0.2, -0.15) is 0 Å². The Balaban J connectivity index is 0. The van der Waals surface area contributed by atoms with Gasteiger partial charge in [0.15, 0.2) is 0 Å². The fraction of sp³-hybridized carbons (Fsp3) is 1.00. The van der Waals surface area contributed by atoms with Crippen LogP contribution in [0, 0.1) is 0 Å². The average Bonchev–Trinajstić information content (AvgIpc) is 1.81. The molecular formula is C6H14Cl2F2N2. The van der Waals surface area contributed by atoms with Gasteiger partial charge in [0.2, 0.25) is 0 Å². The highest BCUT2D eigenvalue weighted by Gasteiger charge is 2.40. The summed E-state index contributed by atoms with van der Waals surface area (Å²) < 4.78 is 25.2. The molecule has 0 aliphatic carbocycles. The molecule has 0 saturated carbocycles. The summed E-state index contributed by atoms with van der Waals surface area (Å²) in [5.41, 5.74) is 5.21. The minimum absolute atomic E-state index is 0. The average molecular weight is 223 g/mol. The van der Waals surface area contributed by atoms with Gasteiger partial charge in [-0.25, -0.2) is 8.78 Å². The molecule has 12 heavy (non-hydrogen) atoms.